The van der Waals surface area contributed by atoms with Crippen molar-refractivity contribution < 1.29 is 19.1 Å². The third-order valence-corrected chi connectivity index (χ3v) is 2.66. The molecule has 0 atom stereocenters. The highest BCUT2D eigenvalue weighted by atomic mass is 16.5. The van der Waals surface area contributed by atoms with Gasteiger partial charge >= 0.3 is 11.9 Å². The van der Waals surface area contributed by atoms with Crippen LogP contribution in [-0.4, -0.2) is 50.2 Å². The molecular weight excluding hydrogens is 222 g/mol. The van der Waals surface area contributed by atoms with Crippen molar-refractivity contribution >= 4 is 11.9 Å². The highest BCUT2D eigenvalue weighted by molar-refractivity contribution is 5.91. The summed E-state index contributed by atoms with van der Waals surface area (Å²) in [6, 6.07) is 0. The van der Waals surface area contributed by atoms with Gasteiger partial charge in [-0.05, 0) is 25.9 Å². The molecule has 1 aliphatic rings. The minimum atomic E-state index is -0.557. The number of likely N-dealkylation sites (tertiary alicyclic amines) is 1. The van der Waals surface area contributed by atoms with Gasteiger partial charge in [-0.15, -0.1) is 0 Å². The molecule has 0 aliphatic carbocycles. The summed E-state index contributed by atoms with van der Waals surface area (Å²) in [6.45, 7) is 3.28. The number of piperidine rings is 1. The van der Waals surface area contributed by atoms with E-state index in [4.69, 9.17) is 4.74 Å². The van der Waals surface area contributed by atoms with E-state index in [0.29, 0.717) is 6.61 Å². The molecule has 0 aromatic heterocycles. The Kier molecular flexibility index (Phi) is 6.32. The fraction of sp³-hybridized carbons (Fsp3) is 0.667. The number of hydrogen-bond acceptors (Lipinski definition) is 5. The Balaban J connectivity index is 2.11. The first kappa shape index (κ1) is 13.7. The maximum atomic E-state index is 11.2. The molecule has 0 saturated carbocycles. The average Bonchev–Trinajstić information content (AvgIpc) is 2.37. The van der Waals surface area contributed by atoms with Gasteiger partial charge in [-0.25, -0.2) is 9.59 Å². The molecule has 0 unspecified atom stereocenters. The molecule has 1 aliphatic heterocycles. The van der Waals surface area contributed by atoms with Crippen LogP contribution in [0.2, 0.25) is 0 Å². The number of hydrogen-bond donors (Lipinski definition) is 0. The zero-order valence-corrected chi connectivity index (χ0v) is 10.2. The molecular formula is C12H19NO4. The van der Waals surface area contributed by atoms with Gasteiger partial charge in [0.1, 0.15) is 6.61 Å². The van der Waals surface area contributed by atoms with Crippen molar-refractivity contribution in [3.05, 3.63) is 12.2 Å². The van der Waals surface area contributed by atoms with E-state index in [2.05, 4.69) is 9.64 Å². The van der Waals surface area contributed by atoms with Crippen molar-refractivity contribution in [2.24, 2.45) is 0 Å². The minimum absolute atomic E-state index is 0.365. The van der Waals surface area contributed by atoms with Crippen molar-refractivity contribution in [1.29, 1.82) is 0 Å². The summed E-state index contributed by atoms with van der Waals surface area (Å²) in [4.78, 5) is 24.2. The highest BCUT2D eigenvalue weighted by Gasteiger charge is 2.09. The number of nitrogens with zero attached hydrogens (tertiary/aromatic N) is 1. The molecule has 96 valence electrons. The number of carbonyl (C=O) groups excluding carboxylic acids is 2. The van der Waals surface area contributed by atoms with Crippen molar-refractivity contribution in [3.8, 4) is 0 Å². The van der Waals surface area contributed by atoms with Gasteiger partial charge in [-0.1, -0.05) is 6.42 Å². The molecule has 0 aromatic carbocycles. The SMILES string of the molecule is COC(=O)C=CC(=O)OCCN1CCCCC1. The number of ether oxygens (including phenoxy) is 2. The van der Waals surface area contributed by atoms with Crippen LogP contribution in [0.15, 0.2) is 12.2 Å². The van der Waals surface area contributed by atoms with Gasteiger partial charge in [0.2, 0.25) is 0 Å². The van der Waals surface area contributed by atoms with Crippen LogP contribution in [0, 0.1) is 0 Å². The Morgan fingerprint density at radius 2 is 1.76 bits per heavy atom. The molecule has 1 rings (SSSR count). The van der Waals surface area contributed by atoms with Gasteiger partial charge < -0.3 is 9.47 Å². The van der Waals surface area contributed by atoms with Crippen molar-refractivity contribution in [3.63, 3.8) is 0 Å². The monoisotopic (exact) mass is 241 g/mol. The first-order valence-electron chi connectivity index (χ1n) is 5.87. The van der Waals surface area contributed by atoms with Crippen LogP contribution in [0.4, 0.5) is 0 Å². The summed E-state index contributed by atoms with van der Waals surface area (Å²) in [5, 5.41) is 0. The Hall–Kier alpha value is -1.36. The van der Waals surface area contributed by atoms with E-state index in [1.807, 2.05) is 0 Å². The maximum absolute atomic E-state index is 11.2. The second kappa shape index (κ2) is 7.84. The molecule has 0 spiro atoms. The van der Waals surface area contributed by atoms with Crippen LogP contribution in [0.5, 0.6) is 0 Å². The molecule has 0 radical (unpaired) electrons. The van der Waals surface area contributed by atoms with Gasteiger partial charge in [0, 0.05) is 18.7 Å². The third kappa shape index (κ3) is 6.06. The van der Waals surface area contributed by atoms with Crippen LogP contribution in [0.3, 0.4) is 0 Å². The summed E-state index contributed by atoms with van der Waals surface area (Å²) in [5.41, 5.74) is 0. The van der Waals surface area contributed by atoms with E-state index in [9.17, 15) is 9.59 Å². The summed E-state index contributed by atoms with van der Waals surface area (Å²) >= 11 is 0. The van der Waals surface area contributed by atoms with Crippen molar-refractivity contribution in [2.45, 2.75) is 19.3 Å². The summed E-state index contributed by atoms with van der Waals surface area (Å²) < 4.78 is 9.32. The van der Waals surface area contributed by atoms with Gasteiger partial charge in [-0.2, -0.15) is 0 Å². The Bertz CT molecular complexity index is 282. The molecule has 0 amide bonds. The highest BCUT2D eigenvalue weighted by Crippen LogP contribution is 2.07. The molecule has 1 saturated heterocycles. The van der Waals surface area contributed by atoms with Crippen molar-refractivity contribution in [1.82, 2.24) is 4.90 Å². The lowest BCUT2D eigenvalue weighted by atomic mass is 10.1. The van der Waals surface area contributed by atoms with Gasteiger partial charge in [0.05, 0.1) is 7.11 Å². The molecule has 0 aromatic rings. The van der Waals surface area contributed by atoms with Crippen LogP contribution in [0.1, 0.15) is 19.3 Å². The van der Waals surface area contributed by atoms with E-state index in [-0.39, 0.29) is 0 Å². The average molecular weight is 241 g/mol. The van der Waals surface area contributed by atoms with E-state index in [1.54, 1.807) is 0 Å². The lowest BCUT2D eigenvalue weighted by molar-refractivity contribution is -0.139. The number of esters is 2. The largest absolute Gasteiger partial charge is 0.466 e. The second-order valence-electron chi connectivity index (χ2n) is 3.93. The smallest absolute Gasteiger partial charge is 0.331 e. The van der Waals surface area contributed by atoms with E-state index in [0.717, 1.165) is 31.8 Å². The predicted molar refractivity (Wildman–Crippen MR) is 62.4 cm³/mol. The first-order valence-corrected chi connectivity index (χ1v) is 5.87. The van der Waals surface area contributed by atoms with Crippen molar-refractivity contribution in [2.75, 3.05) is 33.4 Å². The third-order valence-electron chi connectivity index (χ3n) is 2.66. The summed E-state index contributed by atoms with van der Waals surface area (Å²) in [5.74, 6) is -1.06. The zero-order chi connectivity index (χ0) is 12.5. The standard InChI is InChI=1S/C12H19NO4/c1-16-11(14)5-6-12(15)17-10-9-13-7-3-2-4-8-13/h5-6H,2-4,7-10H2,1H3. The predicted octanol–water partition coefficient (Wildman–Crippen LogP) is 0.745. The van der Waals surface area contributed by atoms with E-state index < -0.39 is 11.9 Å². The molecule has 1 fully saturated rings. The molecule has 1 heterocycles. The second-order valence-corrected chi connectivity index (χ2v) is 3.93. The lowest BCUT2D eigenvalue weighted by Gasteiger charge is -2.25. The number of rotatable bonds is 5. The maximum Gasteiger partial charge on any atom is 0.331 e. The van der Waals surface area contributed by atoms with E-state index >= 15 is 0 Å². The first-order chi connectivity index (χ1) is 8.22. The van der Waals surface area contributed by atoms with E-state index in [1.165, 1.54) is 26.4 Å². The molecule has 0 bridgehead atoms. The molecule has 0 N–H and O–H groups in total. The van der Waals surface area contributed by atoms with Crippen LogP contribution < -0.4 is 0 Å². The molecule has 5 nitrogen and oxygen atoms in total. The summed E-state index contributed by atoms with van der Waals surface area (Å²) in [6.07, 6.45) is 5.87. The fourth-order valence-corrected chi connectivity index (χ4v) is 1.71. The van der Waals surface area contributed by atoms with Crippen LogP contribution in [0.25, 0.3) is 0 Å². The number of methoxy groups -OCH3 is 1. The quantitative estimate of drug-likeness (QED) is 0.525. The number of carbonyl (C=O) groups is 2. The minimum Gasteiger partial charge on any atom is -0.466 e. The summed E-state index contributed by atoms with van der Waals surface area (Å²) in [7, 11) is 1.26. The van der Waals surface area contributed by atoms with Crippen LogP contribution >= 0.6 is 0 Å². The van der Waals surface area contributed by atoms with Gasteiger partial charge in [-0.3, -0.25) is 4.90 Å². The zero-order valence-electron chi connectivity index (χ0n) is 10.2. The molecule has 5 heteroatoms. The Morgan fingerprint density at radius 3 is 2.41 bits per heavy atom. The molecule has 17 heavy (non-hydrogen) atoms. The fourth-order valence-electron chi connectivity index (χ4n) is 1.71. The lowest BCUT2D eigenvalue weighted by Crippen LogP contribution is -2.33. The van der Waals surface area contributed by atoms with Gasteiger partial charge in [0.25, 0.3) is 0 Å². The Morgan fingerprint density at radius 1 is 1.12 bits per heavy atom. The van der Waals surface area contributed by atoms with Gasteiger partial charge in [0.15, 0.2) is 0 Å². The normalized spacial score (nSPS) is 17.0. The Labute approximate surface area is 101 Å². The van der Waals surface area contributed by atoms with Crippen LogP contribution in [-0.2, 0) is 19.1 Å². The topological polar surface area (TPSA) is 55.8 Å².